The van der Waals surface area contributed by atoms with Gasteiger partial charge in [0.1, 0.15) is 5.60 Å². The van der Waals surface area contributed by atoms with E-state index in [4.69, 9.17) is 16.3 Å². The molecule has 3 aromatic rings. The Morgan fingerprint density at radius 2 is 1.84 bits per heavy atom. The summed E-state index contributed by atoms with van der Waals surface area (Å²) in [5, 5.41) is 13.3. The van der Waals surface area contributed by atoms with Crippen molar-refractivity contribution in [1.29, 1.82) is 0 Å². The second kappa shape index (κ2) is 13.2. The Bertz CT molecular complexity index is 1260. The van der Waals surface area contributed by atoms with Gasteiger partial charge in [0, 0.05) is 39.3 Å². The molecule has 0 bridgehead atoms. The molecule has 0 aliphatic heterocycles. The summed E-state index contributed by atoms with van der Waals surface area (Å²) < 4.78 is 6.59. The van der Waals surface area contributed by atoms with Crippen LogP contribution in [0.2, 0.25) is 5.02 Å². The predicted molar refractivity (Wildman–Crippen MR) is 159 cm³/mol. The highest BCUT2D eigenvalue weighted by Crippen LogP contribution is 2.46. The molecule has 0 aliphatic carbocycles. The lowest BCUT2D eigenvalue weighted by Gasteiger charge is -2.39. The van der Waals surface area contributed by atoms with E-state index in [1.165, 1.54) is 0 Å². The molecule has 3 rings (SSSR count). The lowest BCUT2D eigenvalue weighted by atomic mass is 9.71. The lowest BCUT2D eigenvalue weighted by Crippen LogP contribution is -2.41. The molecule has 2 unspecified atom stereocenters. The summed E-state index contributed by atoms with van der Waals surface area (Å²) in [5.41, 5.74) is 2.83. The molecule has 1 heterocycles. The summed E-state index contributed by atoms with van der Waals surface area (Å²) in [4.78, 5) is 6.72. The number of benzene rings is 2. The molecular weight excluding hydrogens is 548 g/mol. The number of methoxy groups -OCH3 is 1. The molecule has 0 fully saturated rings. The monoisotopic (exact) mass is 580 g/mol. The zero-order chi connectivity index (χ0) is 27.0. The van der Waals surface area contributed by atoms with Crippen LogP contribution in [0.15, 0.2) is 102 Å². The first-order chi connectivity index (χ1) is 17.7. The third-order valence-corrected chi connectivity index (χ3v) is 7.05. The Kier molecular flexibility index (Phi) is 10.3. The maximum Gasteiger partial charge on any atom is 0.217 e. The number of hydrogen-bond donors (Lipinski definition) is 1. The van der Waals surface area contributed by atoms with Crippen molar-refractivity contribution in [3.63, 3.8) is 0 Å². The summed E-state index contributed by atoms with van der Waals surface area (Å²) in [6.07, 6.45) is 7.97. The van der Waals surface area contributed by atoms with Gasteiger partial charge >= 0.3 is 0 Å². The number of nitrogens with zero attached hydrogens (tertiary/aromatic N) is 2. The second-order valence-electron chi connectivity index (χ2n) is 9.21. The van der Waals surface area contributed by atoms with Gasteiger partial charge in [0.05, 0.1) is 7.11 Å². The zero-order valence-electron chi connectivity index (χ0n) is 21.8. The van der Waals surface area contributed by atoms with Gasteiger partial charge in [0.25, 0.3) is 0 Å². The maximum absolute atomic E-state index is 12.6. The number of rotatable bonds is 11. The van der Waals surface area contributed by atoms with Crippen molar-refractivity contribution in [3.05, 3.63) is 118 Å². The van der Waals surface area contributed by atoms with Crippen LogP contribution in [0.3, 0.4) is 0 Å². The van der Waals surface area contributed by atoms with Gasteiger partial charge in [-0.05, 0) is 68.4 Å². The molecular formula is C31H34BrClN2O2. The standard InChI is InChI=1S/C31H34BrClN2O2/c1-6-10-26(32)19-22(2)31(36,17-18-35(3)4)29(24-11-8-7-9-12-24)28-20-25(21-34-30(28)37-5)23-13-15-27(33)16-14-23/h6-16,19-21,29,36H,2,17-18H2,1,3-5H3/b10-6-,26-19+. The molecule has 2 aromatic carbocycles. The Morgan fingerprint density at radius 1 is 1.16 bits per heavy atom. The van der Waals surface area contributed by atoms with Gasteiger partial charge in [-0.3, -0.25) is 0 Å². The van der Waals surface area contributed by atoms with Crippen molar-refractivity contribution in [2.75, 3.05) is 27.7 Å². The molecule has 194 valence electrons. The van der Waals surface area contributed by atoms with Crippen LogP contribution in [0.1, 0.15) is 30.4 Å². The first kappa shape index (κ1) is 28.9. The Hall–Kier alpha value is -2.70. The van der Waals surface area contributed by atoms with Crippen LogP contribution >= 0.6 is 27.5 Å². The first-order valence-electron chi connectivity index (χ1n) is 12.1. The highest BCUT2D eigenvalue weighted by atomic mass is 79.9. The van der Waals surface area contributed by atoms with Crippen molar-refractivity contribution in [1.82, 2.24) is 9.88 Å². The molecule has 0 radical (unpaired) electrons. The summed E-state index contributed by atoms with van der Waals surface area (Å²) in [6.45, 7) is 6.96. The van der Waals surface area contributed by atoms with Crippen molar-refractivity contribution in [2.24, 2.45) is 0 Å². The van der Waals surface area contributed by atoms with Gasteiger partial charge in [-0.15, -0.1) is 0 Å². The number of hydrogen-bond acceptors (Lipinski definition) is 4. The summed E-state index contributed by atoms with van der Waals surface area (Å²) in [7, 11) is 5.59. The van der Waals surface area contributed by atoms with E-state index in [-0.39, 0.29) is 0 Å². The van der Waals surface area contributed by atoms with Gasteiger partial charge in [-0.1, -0.05) is 88.7 Å². The number of allylic oxidation sites excluding steroid dienone is 3. The third kappa shape index (κ3) is 7.20. The second-order valence-corrected chi connectivity index (χ2v) is 10.6. The van der Waals surface area contributed by atoms with Crippen LogP contribution in [0.25, 0.3) is 11.1 Å². The fourth-order valence-electron chi connectivity index (χ4n) is 4.39. The molecule has 2 atom stereocenters. The van der Waals surface area contributed by atoms with E-state index in [1.807, 2.05) is 99.9 Å². The van der Waals surface area contributed by atoms with E-state index in [0.717, 1.165) is 26.7 Å². The highest BCUT2D eigenvalue weighted by molar-refractivity contribution is 9.11. The molecule has 4 nitrogen and oxygen atoms in total. The van der Waals surface area contributed by atoms with Gasteiger partial charge in [0.2, 0.25) is 5.88 Å². The minimum absolute atomic E-state index is 0.444. The van der Waals surface area contributed by atoms with E-state index in [2.05, 4.69) is 32.4 Å². The molecule has 0 aliphatic rings. The van der Waals surface area contributed by atoms with E-state index < -0.39 is 11.5 Å². The van der Waals surface area contributed by atoms with Crippen molar-refractivity contribution in [3.8, 4) is 17.0 Å². The molecule has 0 spiro atoms. The third-order valence-electron chi connectivity index (χ3n) is 6.31. The van der Waals surface area contributed by atoms with Gasteiger partial charge in [0.15, 0.2) is 0 Å². The van der Waals surface area contributed by atoms with Gasteiger partial charge in [-0.25, -0.2) is 4.98 Å². The molecule has 37 heavy (non-hydrogen) atoms. The molecule has 0 saturated heterocycles. The van der Waals surface area contributed by atoms with E-state index in [0.29, 0.717) is 29.4 Å². The van der Waals surface area contributed by atoms with E-state index in [9.17, 15) is 5.11 Å². The lowest BCUT2D eigenvalue weighted by molar-refractivity contribution is 0.0478. The summed E-state index contributed by atoms with van der Waals surface area (Å²) >= 11 is 9.72. The van der Waals surface area contributed by atoms with Crippen LogP contribution in [0, 0.1) is 0 Å². The number of halogens is 2. The van der Waals surface area contributed by atoms with Crippen LogP contribution < -0.4 is 4.74 Å². The normalized spacial score (nSPS) is 14.5. The first-order valence-corrected chi connectivity index (χ1v) is 13.3. The summed E-state index contributed by atoms with van der Waals surface area (Å²) in [5.74, 6) is -0.0443. The Balaban J connectivity index is 2.29. The number of pyridine rings is 1. The number of ether oxygens (including phenoxy) is 1. The maximum atomic E-state index is 12.6. The van der Waals surface area contributed by atoms with Crippen molar-refractivity contribution in [2.45, 2.75) is 24.9 Å². The topological polar surface area (TPSA) is 45.6 Å². The largest absolute Gasteiger partial charge is 0.481 e. The quantitative estimate of drug-likeness (QED) is 0.236. The molecule has 0 saturated carbocycles. The minimum atomic E-state index is -1.35. The number of aliphatic hydroxyl groups is 1. The fraction of sp³-hybridized carbons (Fsp3) is 0.258. The van der Waals surface area contributed by atoms with Crippen LogP contribution in [-0.4, -0.2) is 48.3 Å². The fourth-order valence-corrected chi connectivity index (χ4v) is 5.05. The molecule has 1 aromatic heterocycles. The van der Waals surface area contributed by atoms with Crippen LogP contribution in [0.5, 0.6) is 5.88 Å². The number of aromatic nitrogens is 1. The van der Waals surface area contributed by atoms with Gasteiger partial charge in [-0.2, -0.15) is 0 Å². The smallest absolute Gasteiger partial charge is 0.217 e. The zero-order valence-corrected chi connectivity index (χ0v) is 24.1. The molecule has 0 amide bonds. The Morgan fingerprint density at radius 3 is 2.43 bits per heavy atom. The average Bonchev–Trinajstić information content (AvgIpc) is 2.88. The Labute approximate surface area is 234 Å². The highest BCUT2D eigenvalue weighted by Gasteiger charge is 2.42. The minimum Gasteiger partial charge on any atom is -0.481 e. The SMILES string of the molecule is C=C(/C=C(Br)\C=C/C)C(O)(CCN(C)C)C(c1ccccc1)c1cc(-c2ccc(Cl)cc2)cnc1OC. The van der Waals surface area contributed by atoms with E-state index in [1.54, 1.807) is 13.3 Å². The molecule has 6 heteroatoms. The van der Waals surface area contributed by atoms with Crippen molar-refractivity contribution >= 4 is 27.5 Å². The van der Waals surface area contributed by atoms with Crippen LogP contribution in [0.4, 0.5) is 0 Å². The van der Waals surface area contributed by atoms with Crippen LogP contribution in [-0.2, 0) is 0 Å². The van der Waals surface area contributed by atoms with Crippen molar-refractivity contribution < 1.29 is 9.84 Å². The predicted octanol–water partition coefficient (Wildman–Crippen LogP) is 7.64. The van der Waals surface area contributed by atoms with E-state index >= 15 is 0 Å². The molecule has 1 N–H and O–H groups in total. The summed E-state index contributed by atoms with van der Waals surface area (Å²) in [6, 6.07) is 19.7. The average molecular weight is 582 g/mol. The van der Waals surface area contributed by atoms with Gasteiger partial charge < -0.3 is 14.7 Å².